The Hall–Kier alpha value is -0.860. The van der Waals surface area contributed by atoms with Crippen LogP contribution in [0.3, 0.4) is 0 Å². The second kappa shape index (κ2) is 5.89. The van der Waals surface area contributed by atoms with Crippen molar-refractivity contribution in [3.63, 3.8) is 0 Å². The molecule has 1 N–H and O–H groups in total. The summed E-state index contributed by atoms with van der Waals surface area (Å²) in [5.41, 5.74) is 0. The van der Waals surface area contributed by atoms with Gasteiger partial charge in [0.2, 0.25) is 0 Å². The van der Waals surface area contributed by atoms with E-state index in [1.165, 1.54) is 0 Å². The van der Waals surface area contributed by atoms with E-state index in [0.29, 0.717) is 12.8 Å². The standard InChI is InChI=1S/C8H14O3/c1-2-7(6-9)4-3-5-8(10)11/h6-7H,2-5H2,1H3,(H,10,11). The fourth-order valence-electron chi connectivity index (χ4n) is 0.884. The number of carbonyl (C=O) groups excluding carboxylic acids is 1. The first-order chi connectivity index (χ1) is 5.20. The van der Waals surface area contributed by atoms with Crippen LogP contribution in [0.1, 0.15) is 32.6 Å². The minimum absolute atomic E-state index is 0.0503. The summed E-state index contributed by atoms with van der Waals surface area (Å²) in [5.74, 6) is -0.736. The summed E-state index contributed by atoms with van der Waals surface area (Å²) in [5, 5.41) is 8.28. The number of aldehydes is 1. The summed E-state index contributed by atoms with van der Waals surface area (Å²) < 4.78 is 0. The summed E-state index contributed by atoms with van der Waals surface area (Å²) in [4.78, 5) is 20.3. The minimum atomic E-state index is -0.786. The van der Waals surface area contributed by atoms with Crippen LogP contribution >= 0.6 is 0 Å². The van der Waals surface area contributed by atoms with E-state index < -0.39 is 5.97 Å². The number of rotatable bonds is 6. The highest BCUT2D eigenvalue weighted by molar-refractivity contribution is 5.66. The lowest BCUT2D eigenvalue weighted by atomic mass is 10.0. The molecule has 0 fully saturated rings. The molecule has 1 unspecified atom stereocenters. The number of aliphatic carboxylic acids is 1. The highest BCUT2D eigenvalue weighted by Gasteiger charge is 2.04. The van der Waals surface area contributed by atoms with Crippen molar-refractivity contribution >= 4 is 12.3 Å². The predicted molar refractivity (Wildman–Crippen MR) is 41.3 cm³/mol. The van der Waals surface area contributed by atoms with Gasteiger partial charge in [0, 0.05) is 12.3 Å². The van der Waals surface area contributed by atoms with E-state index in [0.717, 1.165) is 12.7 Å². The molecule has 0 bridgehead atoms. The normalized spacial score (nSPS) is 12.5. The zero-order chi connectivity index (χ0) is 8.69. The number of carbonyl (C=O) groups is 2. The zero-order valence-corrected chi connectivity index (χ0v) is 6.75. The van der Waals surface area contributed by atoms with Gasteiger partial charge in [0.15, 0.2) is 0 Å². The monoisotopic (exact) mass is 158 g/mol. The van der Waals surface area contributed by atoms with Crippen LogP contribution in [0.2, 0.25) is 0 Å². The first-order valence-corrected chi connectivity index (χ1v) is 3.87. The molecule has 1 atom stereocenters. The third-order valence-corrected chi connectivity index (χ3v) is 1.68. The molecule has 0 heterocycles. The van der Waals surface area contributed by atoms with Gasteiger partial charge >= 0.3 is 5.97 Å². The molecule has 11 heavy (non-hydrogen) atoms. The van der Waals surface area contributed by atoms with Crippen LogP contribution in [-0.2, 0) is 9.59 Å². The van der Waals surface area contributed by atoms with Gasteiger partial charge in [-0.25, -0.2) is 0 Å². The van der Waals surface area contributed by atoms with Crippen molar-refractivity contribution in [2.45, 2.75) is 32.6 Å². The lowest BCUT2D eigenvalue weighted by Gasteiger charge is -2.03. The summed E-state index contributed by atoms with van der Waals surface area (Å²) >= 11 is 0. The van der Waals surface area contributed by atoms with Crippen molar-refractivity contribution in [1.82, 2.24) is 0 Å². The lowest BCUT2D eigenvalue weighted by Crippen LogP contribution is -2.02. The van der Waals surface area contributed by atoms with Crippen molar-refractivity contribution < 1.29 is 14.7 Å². The van der Waals surface area contributed by atoms with E-state index in [4.69, 9.17) is 5.11 Å². The third-order valence-electron chi connectivity index (χ3n) is 1.68. The van der Waals surface area contributed by atoms with Crippen molar-refractivity contribution in [1.29, 1.82) is 0 Å². The Bertz CT molecular complexity index is 131. The number of carboxylic acid groups (broad SMARTS) is 1. The molecule has 0 aliphatic heterocycles. The average molecular weight is 158 g/mol. The van der Waals surface area contributed by atoms with E-state index >= 15 is 0 Å². The second-order valence-electron chi connectivity index (χ2n) is 2.59. The molecule has 3 nitrogen and oxygen atoms in total. The molecule has 0 aromatic rings. The fourth-order valence-corrected chi connectivity index (χ4v) is 0.884. The molecule has 0 aliphatic rings. The lowest BCUT2D eigenvalue weighted by molar-refractivity contribution is -0.137. The number of hydrogen-bond acceptors (Lipinski definition) is 2. The van der Waals surface area contributed by atoms with E-state index in [1.54, 1.807) is 0 Å². The van der Waals surface area contributed by atoms with Gasteiger partial charge in [-0.05, 0) is 19.3 Å². The molecule has 3 heteroatoms. The zero-order valence-electron chi connectivity index (χ0n) is 6.75. The smallest absolute Gasteiger partial charge is 0.303 e. The fraction of sp³-hybridized carbons (Fsp3) is 0.750. The average Bonchev–Trinajstić information content (AvgIpc) is 1.98. The molecule has 0 saturated carbocycles. The number of carboxylic acids is 1. The molecule has 64 valence electrons. The van der Waals surface area contributed by atoms with Crippen LogP contribution < -0.4 is 0 Å². The van der Waals surface area contributed by atoms with E-state index in [9.17, 15) is 9.59 Å². The molecule has 0 rings (SSSR count). The first kappa shape index (κ1) is 10.1. The molecule has 0 aromatic carbocycles. The summed E-state index contributed by atoms with van der Waals surface area (Å²) in [6.07, 6.45) is 3.19. The Morgan fingerprint density at radius 1 is 1.64 bits per heavy atom. The Morgan fingerprint density at radius 3 is 2.64 bits per heavy atom. The van der Waals surface area contributed by atoms with Gasteiger partial charge in [0.25, 0.3) is 0 Å². The van der Waals surface area contributed by atoms with Crippen LogP contribution in [0.15, 0.2) is 0 Å². The first-order valence-electron chi connectivity index (χ1n) is 3.87. The molecular formula is C8H14O3. The van der Waals surface area contributed by atoms with Crippen LogP contribution in [0.5, 0.6) is 0 Å². The highest BCUT2D eigenvalue weighted by Crippen LogP contribution is 2.09. The molecule has 0 radical (unpaired) electrons. The van der Waals surface area contributed by atoms with Gasteiger partial charge < -0.3 is 9.90 Å². The Labute approximate surface area is 66.4 Å². The molecule has 0 aromatic heterocycles. The van der Waals surface area contributed by atoms with Gasteiger partial charge in [0.05, 0.1) is 0 Å². The van der Waals surface area contributed by atoms with Gasteiger partial charge in [-0.15, -0.1) is 0 Å². The van der Waals surface area contributed by atoms with Gasteiger partial charge in [-0.1, -0.05) is 6.92 Å². The summed E-state index contributed by atoms with van der Waals surface area (Å²) in [6, 6.07) is 0. The van der Waals surface area contributed by atoms with Crippen molar-refractivity contribution in [2.24, 2.45) is 5.92 Å². The Kier molecular flexibility index (Phi) is 5.43. The molecule has 0 amide bonds. The van der Waals surface area contributed by atoms with Crippen molar-refractivity contribution in [2.75, 3.05) is 0 Å². The van der Waals surface area contributed by atoms with E-state index in [1.807, 2.05) is 6.92 Å². The molecule has 0 saturated heterocycles. The molecular weight excluding hydrogens is 144 g/mol. The van der Waals surface area contributed by atoms with E-state index in [2.05, 4.69) is 0 Å². The van der Waals surface area contributed by atoms with Gasteiger partial charge in [-0.2, -0.15) is 0 Å². The van der Waals surface area contributed by atoms with Gasteiger partial charge in [0.1, 0.15) is 6.29 Å². The van der Waals surface area contributed by atoms with Crippen LogP contribution in [0.25, 0.3) is 0 Å². The van der Waals surface area contributed by atoms with Crippen molar-refractivity contribution in [3.8, 4) is 0 Å². The van der Waals surface area contributed by atoms with Gasteiger partial charge in [-0.3, -0.25) is 4.79 Å². The predicted octanol–water partition coefficient (Wildman–Crippen LogP) is 1.47. The van der Waals surface area contributed by atoms with E-state index in [-0.39, 0.29) is 12.3 Å². The number of hydrogen-bond donors (Lipinski definition) is 1. The second-order valence-corrected chi connectivity index (χ2v) is 2.59. The largest absolute Gasteiger partial charge is 0.481 e. The summed E-state index contributed by atoms with van der Waals surface area (Å²) in [6.45, 7) is 1.93. The topological polar surface area (TPSA) is 54.4 Å². The van der Waals surface area contributed by atoms with Crippen LogP contribution in [0, 0.1) is 5.92 Å². The van der Waals surface area contributed by atoms with Crippen LogP contribution in [0.4, 0.5) is 0 Å². The SMILES string of the molecule is CCC(C=O)CCCC(=O)O. The summed E-state index contributed by atoms with van der Waals surface area (Å²) in [7, 11) is 0. The Balaban J connectivity index is 3.35. The highest BCUT2D eigenvalue weighted by atomic mass is 16.4. The Morgan fingerprint density at radius 2 is 2.27 bits per heavy atom. The minimum Gasteiger partial charge on any atom is -0.481 e. The molecule has 0 spiro atoms. The maximum absolute atomic E-state index is 10.3. The van der Waals surface area contributed by atoms with Crippen LogP contribution in [-0.4, -0.2) is 17.4 Å². The quantitative estimate of drug-likeness (QED) is 0.595. The third kappa shape index (κ3) is 5.58. The van der Waals surface area contributed by atoms with Crippen molar-refractivity contribution in [3.05, 3.63) is 0 Å². The maximum atomic E-state index is 10.3. The molecule has 0 aliphatic carbocycles. The maximum Gasteiger partial charge on any atom is 0.303 e.